The molecule has 0 amide bonds. The first-order valence-corrected chi connectivity index (χ1v) is 7.12. The lowest BCUT2D eigenvalue weighted by atomic mass is 10.1. The van der Waals surface area contributed by atoms with Crippen LogP contribution in [0.5, 0.6) is 0 Å². The molecule has 0 atom stereocenters. The highest BCUT2D eigenvalue weighted by molar-refractivity contribution is 5.74. The Morgan fingerprint density at radius 2 is 2.10 bits per heavy atom. The summed E-state index contributed by atoms with van der Waals surface area (Å²) in [6.07, 6.45) is 6.61. The van der Waals surface area contributed by atoms with Crippen LogP contribution in [0.1, 0.15) is 12.8 Å². The third kappa shape index (κ3) is 2.08. The third-order valence-electron chi connectivity index (χ3n) is 3.96. The maximum absolute atomic E-state index is 9.64. The van der Waals surface area contributed by atoms with Gasteiger partial charge in [-0.1, -0.05) is 0 Å². The first-order valence-electron chi connectivity index (χ1n) is 7.12. The number of aliphatic hydroxyl groups excluding tert-OH is 1. The molecular formula is C15H16N4O2. The number of hydrogen-bond donors (Lipinski definition) is 1. The van der Waals surface area contributed by atoms with Gasteiger partial charge in [0.1, 0.15) is 11.6 Å². The Morgan fingerprint density at radius 1 is 1.24 bits per heavy atom. The lowest BCUT2D eigenvalue weighted by Gasteiger charge is -2.31. The number of anilines is 1. The van der Waals surface area contributed by atoms with Gasteiger partial charge in [0.2, 0.25) is 0 Å². The summed E-state index contributed by atoms with van der Waals surface area (Å²) in [6.45, 7) is 1.66. The number of piperidine rings is 1. The second-order valence-electron chi connectivity index (χ2n) is 5.29. The maximum Gasteiger partial charge on any atom is 0.168 e. The van der Waals surface area contributed by atoms with E-state index in [1.54, 1.807) is 18.7 Å². The Hall–Kier alpha value is -2.34. The Bertz CT molecular complexity index is 742. The molecule has 6 nitrogen and oxygen atoms in total. The van der Waals surface area contributed by atoms with Gasteiger partial charge in [0, 0.05) is 19.3 Å². The fraction of sp³-hybridized carbons (Fsp3) is 0.333. The molecule has 3 aromatic heterocycles. The summed E-state index contributed by atoms with van der Waals surface area (Å²) in [4.78, 5) is 6.67. The number of hydrogen-bond acceptors (Lipinski definition) is 5. The van der Waals surface area contributed by atoms with E-state index in [2.05, 4.69) is 15.0 Å². The van der Waals surface area contributed by atoms with Gasteiger partial charge < -0.3 is 14.4 Å². The van der Waals surface area contributed by atoms with Crippen LogP contribution in [-0.4, -0.2) is 38.9 Å². The molecule has 0 spiro atoms. The molecule has 1 N–H and O–H groups in total. The van der Waals surface area contributed by atoms with Crippen molar-refractivity contribution in [2.75, 3.05) is 18.0 Å². The molecule has 0 aliphatic carbocycles. The zero-order chi connectivity index (χ0) is 14.2. The molecule has 0 radical (unpaired) electrons. The molecular weight excluding hydrogens is 268 g/mol. The highest BCUT2D eigenvalue weighted by Crippen LogP contribution is 2.27. The van der Waals surface area contributed by atoms with E-state index in [0.29, 0.717) is 0 Å². The Labute approximate surface area is 121 Å². The fourth-order valence-electron chi connectivity index (χ4n) is 2.82. The third-order valence-corrected chi connectivity index (χ3v) is 3.96. The molecule has 3 aromatic rings. The zero-order valence-electron chi connectivity index (χ0n) is 11.5. The standard InChI is InChI=1S/C15H16N4O2/c20-11-4-7-18(8-5-11)14-3-6-16-15-12(10-17-19(14)15)13-2-1-9-21-13/h1-3,6,9-11,20H,4-5,7-8H2. The summed E-state index contributed by atoms with van der Waals surface area (Å²) in [5, 5.41) is 14.1. The van der Waals surface area contributed by atoms with Gasteiger partial charge in [-0.05, 0) is 31.0 Å². The molecule has 1 fully saturated rings. The maximum atomic E-state index is 9.64. The first-order chi connectivity index (χ1) is 10.3. The number of aliphatic hydroxyl groups is 1. The van der Waals surface area contributed by atoms with Crippen molar-refractivity contribution >= 4 is 11.5 Å². The van der Waals surface area contributed by atoms with Crippen LogP contribution in [0.15, 0.2) is 41.3 Å². The van der Waals surface area contributed by atoms with Crippen molar-refractivity contribution in [1.82, 2.24) is 14.6 Å². The van der Waals surface area contributed by atoms with Gasteiger partial charge in [-0.25, -0.2) is 4.98 Å². The van der Waals surface area contributed by atoms with Crippen molar-refractivity contribution in [2.45, 2.75) is 18.9 Å². The molecule has 0 saturated carbocycles. The Balaban J connectivity index is 1.77. The molecule has 0 aromatic carbocycles. The molecule has 4 rings (SSSR count). The number of nitrogens with zero attached hydrogens (tertiary/aromatic N) is 4. The topological polar surface area (TPSA) is 66.8 Å². The number of furan rings is 1. The lowest BCUT2D eigenvalue weighted by Crippen LogP contribution is -2.36. The van der Waals surface area contributed by atoms with Crippen molar-refractivity contribution in [3.63, 3.8) is 0 Å². The van der Waals surface area contributed by atoms with Crippen molar-refractivity contribution in [1.29, 1.82) is 0 Å². The molecule has 0 bridgehead atoms. The second-order valence-corrected chi connectivity index (χ2v) is 5.29. The van der Waals surface area contributed by atoms with Crippen LogP contribution in [0.4, 0.5) is 5.82 Å². The van der Waals surface area contributed by atoms with E-state index < -0.39 is 0 Å². The molecule has 1 aliphatic rings. The molecule has 0 unspecified atom stereocenters. The Kier molecular flexibility index (Phi) is 2.89. The van der Waals surface area contributed by atoms with Crippen LogP contribution in [-0.2, 0) is 0 Å². The van der Waals surface area contributed by atoms with Gasteiger partial charge in [-0.2, -0.15) is 9.61 Å². The van der Waals surface area contributed by atoms with Gasteiger partial charge in [0.25, 0.3) is 0 Å². The number of rotatable bonds is 2. The summed E-state index contributed by atoms with van der Waals surface area (Å²) in [5.41, 5.74) is 1.67. The molecule has 108 valence electrons. The molecule has 4 heterocycles. The van der Waals surface area contributed by atoms with Gasteiger partial charge in [-0.3, -0.25) is 0 Å². The summed E-state index contributed by atoms with van der Waals surface area (Å²) in [6, 6.07) is 5.72. The largest absolute Gasteiger partial charge is 0.464 e. The van der Waals surface area contributed by atoms with E-state index in [-0.39, 0.29) is 6.10 Å². The van der Waals surface area contributed by atoms with Crippen molar-refractivity contribution in [3.8, 4) is 11.3 Å². The highest BCUT2D eigenvalue weighted by atomic mass is 16.3. The molecule has 6 heteroatoms. The van der Waals surface area contributed by atoms with Gasteiger partial charge in [0.05, 0.1) is 24.1 Å². The highest BCUT2D eigenvalue weighted by Gasteiger charge is 2.20. The van der Waals surface area contributed by atoms with Crippen LogP contribution < -0.4 is 4.90 Å². The van der Waals surface area contributed by atoms with Gasteiger partial charge in [0.15, 0.2) is 5.65 Å². The summed E-state index contributed by atoms with van der Waals surface area (Å²) < 4.78 is 7.29. The van der Waals surface area contributed by atoms with E-state index in [9.17, 15) is 5.11 Å². The Morgan fingerprint density at radius 3 is 2.86 bits per heavy atom. The van der Waals surface area contributed by atoms with E-state index in [1.165, 1.54) is 0 Å². The average Bonchev–Trinajstić information content (AvgIpc) is 3.16. The van der Waals surface area contributed by atoms with E-state index >= 15 is 0 Å². The van der Waals surface area contributed by atoms with Gasteiger partial charge in [-0.15, -0.1) is 0 Å². The second kappa shape index (κ2) is 4.89. The summed E-state index contributed by atoms with van der Waals surface area (Å²) in [7, 11) is 0. The van der Waals surface area contributed by atoms with E-state index in [0.717, 1.165) is 48.7 Å². The minimum atomic E-state index is -0.185. The fourth-order valence-corrected chi connectivity index (χ4v) is 2.82. The SMILES string of the molecule is OC1CCN(c2ccnc3c(-c4ccco4)cnn23)CC1. The van der Waals surface area contributed by atoms with Crippen LogP contribution in [0.25, 0.3) is 17.0 Å². The minimum absolute atomic E-state index is 0.185. The monoisotopic (exact) mass is 284 g/mol. The smallest absolute Gasteiger partial charge is 0.168 e. The van der Waals surface area contributed by atoms with Crippen LogP contribution in [0.3, 0.4) is 0 Å². The minimum Gasteiger partial charge on any atom is -0.464 e. The van der Waals surface area contributed by atoms with Crippen LogP contribution in [0, 0.1) is 0 Å². The van der Waals surface area contributed by atoms with Crippen LogP contribution >= 0.6 is 0 Å². The zero-order valence-corrected chi connectivity index (χ0v) is 11.5. The van der Waals surface area contributed by atoms with Crippen molar-refractivity contribution in [3.05, 3.63) is 36.9 Å². The van der Waals surface area contributed by atoms with Gasteiger partial charge >= 0.3 is 0 Å². The predicted molar refractivity (Wildman–Crippen MR) is 78.1 cm³/mol. The lowest BCUT2D eigenvalue weighted by molar-refractivity contribution is 0.145. The van der Waals surface area contributed by atoms with E-state index in [4.69, 9.17) is 4.42 Å². The predicted octanol–water partition coefficient (Wildman–Crippen LogP) is 1.95. The quantitative estimate of drug-likeness (QED) is 0.779. The van der Waals surface area contributed by atoms with E-state index in [1.807, 2.05) is 22.7 Å². The molecule has 1 aliphatic heterocycles. The van der Waals surface area contributed by atoms with Crippen molar-refractivity contribution < 1.29 is 9.52 Å². The number of aromatic nitrogens is 3. The first kappa shape index (κ1) is 12.4. The molecule has 1 saturated heterocycles. The number of fused-ring (bicyclic) bond motifs is 1. The normalized spacial score (nSPS) is 16.7. The average molecular weight is 284 g/mol. The molecule has 21 heavy (non-hydrogen) atoms. The summed E-state index contributed by atoms with van der Waals surface area (Å²) in [5.74, 6) is 1.77. The van der Waals surface area contributed by atoms with Crippen LogP contribution in [0.2, 0.25) is 0 Å². The summed E-state index contributed by atoms with van der Waals surface area (Å²) >= 11 is 0. The van der Waals surface area contributed by atoms with Crippen molar-refractivity contribution in [2.24, 2.45) is 0 Å².